The summed E-state index contributed by atoms with van der Waals surface area (Å²) in [6.45, 7) is -0.569. The number of rotatable bonds is 4. The largest absolute Gasteiger partial charge is 0.548 e. The van der Waals surface area contributed by atoms with Crippen molar-refractivity contribution in [1.82, 2.24) is 9.97 Å². The maximum Gasteiger partial charge on any atom is 0.137 e. The lowest BCUT2D eigenvalue weighted by Crippen LogP contribution is -2.43. The first-order valence-corrected chi connectivity index (χ1v) is 5.00. The fourth-order valence-corrected chi connectivity index (χ4v) is 1.46. The van der Waals surface area contributed by atoms with Crippen molar-refractivity contribution in [3.63, 3.8) is 0 Å². The fourth-order valence-electron chi connectivity index (χ4n) is 1.46. The zero-order chi connectivity index (χ0) is 12.3. The number of aliphatic carboxylic acids is 1. The highest BCUT2D eigenvalue weighted by Crippen LogP contribution is 2.18. The molecule has 1 aromatic heterocycles. The normalized spacial score (nSPS) is 12.3. The molecule has 0 aliphatic heterocycles. The second-order valence-corrected chi connectivity index (χ2v) is 3.44. The van der Waals surface area contributed by atoms with E-state index in [9.17, 15) is 9.90 Å². The molecule has 0 spiro atoms. The average molecular weight is 232 g/mol. The second kappa shape index (κ2) is 4.75. The SMILES string of the molecule is O=C([O-])[C@@H](CO)Nc1ncnc2ccccc12. The summed E-state index contributed by atoms with van der Waals surface area (Å²) in [7, 11) is 0. The molecule has 0 bridgehead atoms. The van der Waals surface area contributed by atoms with E-state index in [0.29, 0.717) is 16.7 Å². The number of fused-ring (bicyclic) bond motifs is 1. The number of aromatic nitrogens is 2. The van der Waals surface area contributed by atoms with Gasteiger partial charge in [-0.1, -0.05) is 12.1 Å². The van der Waals surface area contributed by atoms with Crippen LogP contribution in [0.1, 0.15) is 0 Å². The molecule has 17 heavy (non-hydrogen) atoms. The first-order chi connectivity index (χ1) is 8.22. The third kappa shape index (κ3) is 2.31. The predicted molar refractivity (Wildman–Crippen MR) is 59.0 cm³/mol. The van der Waals surface area contributed by atoms with Crippen molar-refractivity contribution in [2.75, 3.05) is 11.9 Å². The summed E-state index contributed by atoms with van der Waals surface area (Å²) in [5.74, 6) is -1.02. The van der Waals surface area contributed by atoms with Gasteiger partial charge in [0.1, 0.15) is 12.1 Å². The van der Waals surface area contributed by atoms with Crippen LogP contribution in [0.3, 0.4) is 0 Å². The summed E-state index contributed by atoms with van der Waals surface area (Å²) in [6, 6.07) is 5.98. The molecule has 2 rings (SSSR count). The first-order valence-electron chi connectivity index (χ1n) is 5.00. The van der Waals surface area contributed by atoms with Crippen LogP contribution in [-0.2, 0) is 4.79 Å². The monoisotopic (exact) mass is 232 g/mol. The number of para-hydroxylation sites is 1. The molecule has 0 unspecified atom stereocenters. The zero-order valence-electron chi connectivity index (χ0n) is 8.83. The van der Waals surface area contributed by atoms with Crippen molar-refractivity contribution in [1.29, 1.82) is 0 Å². The molecular formula is C11H10N3O3-. The van der Waals surface area contributed by atoms with Gasteiger partial charge in [-0.2, -0.15) is 0 Å². The van der Waals surface area contributed by atoms with Crippen LogP contribution in [0.25, 0.3) is 10.9 Å². The summed E-state index contributed by atoms with van der Waals surface area (Å²) < 4.78 is 0. The number of hydrogen-bond donors (Lipinski definition) is 2. The number of aliphatic hydroxyl groups excluding tert-OH is 1. The maximum absolute atomic E-state index is 10.7. The van der Waals surface area contributed by atoms with Crippen LogP contribution in [-0.4, -0.2) is 33.7 Å². The topological polar surface area (TPSA) is 98.2 Å². The molecule has 1 atom stereocenters. The lowest BCUT2D eigenvalue weighted by Gasteiger charge is -2.18. The molecule has 2 aromatic rings. The van der Waals surface area contributed by atoms with E-state index in [1.807, 2.05) is 6.07 Å². The number of carbonyl (C=O) groups is 1. The zero-order valence-corrected chi connectivity index (χ0v) is 8.83. The Morgan fingerprint density at radius 2 is 2.18 bits per heavy atom. The minimum absolute atomic E-state index is 0.360. The third-order valence-electron chi connectivity index (χ3n) is 2.32. The number of hydrogen-bond acceptors (Lipinski definition) is 6. The van der Waals surface area contributed by atoms with Crippen molar-refractivity contribution in [3.05, 3.63) is 30.6 Å². The van der Waals surface area contributed by atoms with Gasteiger partial charge in [0.2, 0.25) is 0 Å². The van der Waals surface area contributed by atoms with Gasteiger partial charge in [-0.25, -0.2) is 9.97 Å². The molecule has 0 aliphatic carbocycles. The van der Waals surface area contributed by atoms with Crippen molar-refractivity contribution in [2.45, 2.75) is 6.04 Å². The van der Waals surface area contributed by atoms with Crippen LogP contribution in [0.15, 0.2) is 30.6 Å². The third-order valence-corrected chi connectivity index (χ3v) is 2.32. The summed E-state index contributed by atoms with van der Waals surface area (Å²) >= 11 is 0. The van der Waals surface area contributed by atoms with Gasteiger partial charge >= 0.3 is 0 Å². The highest BCUT2D eigenvalue weighted by molar-refractivity contribution is 5.90. The maximum atomic E-state index is 10.7. The molecule has 0 saturated heterocycles. The lowest BCUT2D eigenvalue weighted by molar-refractivity contribution is -0.307. The lowest BCUT2D eigenvalue weighted by atomic mass is 10.2. The number of benzene rings is 1. The number of nitrogens with one attached hydrogen (secondary N) is 1. The van der Waals surface area contributed by atoms with Crippen LogP contribution < -0.4 is 10.4 Å². The molecule has 0 fully saturated rings. The van der Waals surface area contributed by atoms with Gasteiger partial charge in [-0.3, -0.25) is 0 Å². The smallest absolute Gasteiger partial charge is 0.137 e. The van der Waals surface area contributed by atoms with Crippen LogP contribution >= 0.6 is 0 Å². The molecule has 88 valence electrons. The van der Waals surface area contributed by atoms with E-state index in [2.05, 4.69) is 15.3 Å². The van der Waals surface area contributed by atoms with Gasteiger partial charge in [-0.15, -0.1) is 0 Å². The molecule has 0 saturated carbocycles. The number of nitrogens with zero attached hydrogens (tertiary/aromatic N) is 2. The standard InChI is InChI=1S/C11H11N3O3/c15-5-9(11(16)17)14-10-7-3-1-2-4-8(7)12-6-13-10/h1-4,6,9,15H,5H2,(H,16,17)(H,12,13,14)/p-1/t9-/m1/s1. The Labute approximate surface area is 96.9 Å². The van der Waals surface area contributed by atoms with Gasteiger partial charge in [0.05, 0.1) is 24.1 Å². The Morgan fingerprint density at radius 3 is 2.88 bits per heavy atom. The first kappa shape index (κ1) is 11.3. The molecule has 2 N–H and O–H groups in total. The van der Waals surface area contributed by atoms with Crippen LogP contribution in [0, 0.1) is 0 Å². The molecule has 1 heterocycles. The van der Waals surface area contributed by atoms with Crippen LogP contribution in [0.2, 0.25) is 0 Å². The van der Waals surface area contributed by atoms with Gasteiger partial charge in [0.25, 0.3) is 0 Å². The van der Waals surface area contributed by atoms with E-state index in [1.54, 1.807) is 18.2 Å². The van der Waals surface area contributed by atoms with Gasteiger partial charge in [0.15, 0.2) is 0 Å². The summed E-state index contributed by atoms with van der Waals surface area (Å²) in [5, 5.41) is 22.9. The number of carboxylic acid groups (broad SMARTS) is 1. The quantitative estimate of drug-likeness (QED) is 0.712. The number of carbonyl (C=O) groups excluding carboxylic acids is 1. The summed E-state index contributed by atoms with van der Waals surface area (Å²) in [5.41, 5.74) is 0.694. The highest BCUT2D eigenvalue weighted by atomic mass is 16.4. The van der Waals surface area contributed by atoms with E-state index in [4.69, 9.17) is 5.11 Å². The van der Waals surface area contributed by atoms with Gasteiger partial charge < -0.3 is 20.3 Å². The second-order valence-electron chi connectivity index (χ2n) is 3.44. The van der Waals surface area contributed by atoms with E-state index in [1.165, 1.54) is 6.33 Å². The number of aliphatic hydroxyl groups is 1. The summed E-state index contributed by atoms with van der Waals surface area (Å²) in [4.78, 5) is 18.7. The summed E-state index contributed by atoms with van der Waals surface area (Å²) in [6.07, 6.45) is 1.33. The minimum atomic E-state index is -1.38. The number of anilines is 1. The van der Waals surface area contributed by atoms with Crippen molar-refractivity contribution < 1.29 is 15.0 Å². The Kier molecular flexibility index (Phi) is 3.15. The molecule has 1 aromatic carbocycles. The Bertz CT molecular complexity index is 539. The molecular weight excluding hydrogens is 222 g/mol. The van der Waals surface area contributed by atoms with Gasteiger partial charge in [-0.05, 0) is 12.1 Å². The van der Waals surface area contributed by atoms with E-state index < -0.39 is 18.6 Å². The van der Waals surface area contributed by atoms with Crippen molar-refractivity contribution in [2.24, 2.45) is 0 Å². The van der Waals surface area contributed by atoms with Crippen LogP contribution in [0.5, 0.6) is 0 Å². The molecule has 0 radical (unpaired) electrons. The molecule has 6 nitrogen and oxygen atoms in total. The van der Waals surface area contributed by atoms with E-state index in [0.717, 1.165) is 0 Å². The number of carboxylic acids is 1. The Balaban J connectivity index is 2.38. The van der Waals surface area contributed by atoms with Crippen molar-refractivity contribution in [3.8, 4) is 0 Å². The molecule has 6 heteroatoms. The Hall–Kier alpha value is -2.21. The van der Waals surface area contributed by atoms with Crippen molar-refractivity contribution >= 4 is 22.7 Å². The molecule has 0 aliphatic rings. The molecule has 0 amide bonds. The average Bonchev–Trinajstić information content (AvgIpc) is 2.35. The minimum Gasteiger partial charge on any atom is -0.548 e. The van der Waals surface area contributed by atoms with Crippen LogP contribution in [0.4, 0.5) is 5.82 Å². The highest BCUT2D eigenvalue weighted by Gasteiger charge is 2.11. The fraction of sp³-hybridized carbons (Fsp3) is 0.182. The van der Waals surface area contributed by atoms with Gasteiger partial charge in [0, 0.05) is 5.39 Å². The Morgan fingerprint density at radius 1 is 1.41 bits per heavy atom. The van der Waals surface area contributed by atoms with E-state index >= 15 is 0 Å². The predicted octanol–water partition coefficient (Wildman–Crippen LogP) is -0.847. The van der Waals surface area contributed by atoms with E-state index in [-0.39, 0.29) is 0 Å².